The highest BCUT2D eigenvalue weighted by Crippen LogP contribution is 2.31. The summed E-state index contributed by atoms with van der Waals surface area (Å²) in [6, 6.07) is 1.67. The molecule has 4 aromatic heterocycles. The zero-order chi connectivity index (χ0) is 31.1. The summed E-state index contributed by atoms with van der Waals surface area (Å²) in [4.78, 5) is 34.7. The minimum Gasteiger partial charge on any atom is -0.351 e. The Kier molecular flexibility index (Phi) is 8.31. The lowest BCUT2D eigenvalue weighted by molar-refractivity contribution is -0.139. The SMILES string of the molecule is Cc1ncc(C(=O)NCCN2CCCC2(C)C)cc1NC(=O)c1cnn2cc(-c3cnn(CCC4COC(C)(C)O4)c3)sc12. The average Bonchev–Trinajstić information content (AvgIpc) is 3.78. The summed E-state index contributed by atoms with van der Waals surface area (Å²) >= 11 is 1.47. The Morgan fingerprint density at radius 1 is 1.09 bits per heavy atom. The van der Waals surface area contributed by atoms with Gasteiger partial charge in [-0.2, -0.15) is 10.2 Å². The Morgan fingerprint density at radius 2 is 1.93 bits per heavy atom. The van der Waals surface area contributed by atoms with Gasteiger partial charge in [-0.05, 0) is 66.5 Å². The number of aromatic nitrogens is 5. The van der Waals surface area contributed by atoms with Crippen molar-refractivity contribution in [3.05, 3.63) is 53.9 Å². The summed E-state index contributed by atoms with van der Waals surface area (Å²) in [5.41, 5.74) is 3.06. The lowest BCUT2D eigenvalue weighted by Crippen LogP contribution is -2.43. The maximum atomic E-state index is 13.4. The Balaban J connectivity index is 1.08. The number of hydrogen-bond acceptors (Lipinski definition) is 9. The number of carbonyl (C=O) groups is 2. The van der Waals surface area contributed by atoms with E-state index < -0.39 is 5.79 Å². The van der Waals surface area contributed by atoms with E-state index in [0.29, 0.717) is 47.0 Å². The summed E-state index contributed by atoms with van der Waals surface area (Å²) in [5.74, 6) is -1.06. The van der Waals surface area contributed by atoms with Crippen LogP contribution in [0, 0.1) is 6.92 Å². The van der Waals surface area contributed by atoms with E-state index in [2.05, 4.69) is 44.6 Å². The molecule has 234 valence electrons. The van der Waals surface area contributed by atoms with Crippen LogP contribution in [0.2, 0.25) is 0 Å². The van der Waals surface area contributed by atoms with Gasteiger partial charge in [0.05, 0.1) is 52.5 Å². The first-order valence-electron chi connectivity index (χ1n) is 15.1. The molecular weight excluding hydrogens is 580 g/mol. The number of likely N-dealkylation sites (tertiary alicyclic amines) is 1. The van der Waals surface area contributed by atoms with Crippen molar-refractivity contribution in [2.24, 2.45) is 0 Å². The number of hydrogen-bond donors (Lipinski definition) is 2. The second kappa shape index (κ2) is 12.0. The molecular formula is C31H40N8O4S. The molecule has 44 heavy (non-hydrogen) atoms. The molecule has 12 nitrogen and oxygen atoms in total. The van der Waals surface area contributed by atoms with Gasteiger partial charge in [0.15, 0.2) is 5.79 Å². The standard InChI is InChI=1S/C31H40N8O4S/c1-20-25(13-21(14-33-20)27(40)32-9-12-37-10-6-8-30(37,2)3)36-28(41)24-16-35-39-18-26(44-29(24)39)22-15-34-38(17-22)11-7-23-19-42-31(4,5)43-23/h13-18,23H,6-12,19H2,1-5H3,(H,32,40)(H,36,41). The average molecular weight is 621 g/mol. The minimum atomic E-state index is -0.535. The van der Waals surface area contributed by atoms with Gasteiger partial charge in [-0.25, -0.2) is 4.52 Å². The van der Waals surface area contributed by atoms with Crippen molar-refractivity contribution in [2.45, 2.75) is 77.9 Å². The zero-order valence-corrected chi connectivity index (χ0v) is 26.7. The molecule has 2 amide bonds. The molecule has 0 spiro atoms. The molecule has 13 heteroatoms. The van der Waals surface area contributed by atoms with Crippen LogP contribution in [-0.2, 0) is 16.0 Å². The number of aryl methyl sites for hydroxylation is 2. The van der Waals surface area contributed by atoms with Gasteiger partial charge < -0.3 is 20.1 Å². The first kappa shape index (κ1) is 30.4. The second-order valence-electron chi connectivity index (χ2n) is 12.6. The number of pyridine rings is 1. The number of carbonyl (C=O) groups excluding carboxylic acids is 2. The van der Waals surface area contributed by atoms with Crippen molar-refractivity contribution >= 4 is 33.7 Å². The fourth-order valence-electron chi connectivity index (χ4n) is 5.83. The molecule has 2 aliphatic rings. The molecule has 0 saturated carbocycles. The number of nitrogens with one attached hydrogen (secondary N) is 2. The second-order valence-corrected chi connectivity index (χ2v) is 13.6. The van der Waals surface area contributed by atoms with E-state index in [4.69, 9.17) is 9.47 Å². The smallest absolute Gasteiger partial charge is 0.260 e. The van der Waals surface area contributed by atoms with Crippen molar-refractivity contribution < 1.29 is 19.1 Å². The highest BCUT2D eigenvalue weighted by Gasteiger charge is 2.33. The third-order valence-corrected chi connectivity index (χ3v) is 9.60. The predicted octanol–water partition coefficient (Wildman–Crippen LogP) is 4.36. The first-order chi connectivity index (χ1) is 21.0. The summed E-state index contributed by atoms with van der Waals surface area (Å²) in [5, 5.41) is 14.9. The molecule has 0 bridgehead atoms. The lowest BCUT2D eigenvalue weighted by Gasteiger charge is -2.31. The van der Waals surface area contributed by atoms with Crippen LogP contribution in [0.4, 0.5) is 5.69 Å². The van der Waals surface area contributed by atoms with Crippen LogP contribution in [0.25, 0.3) is 15.3 Å². The summed E-state index contributed by atoms with van der Waals surface area (Å²) in [6.45, 7) is 13.8. The van der Waals surface area contributed by atoms with Crippen molar-refractivity contribution in [2.75, 3.05) is 31.6 Å². The maximum Gasteiger partial charge on any atom is 0.260 e. The molecule has 0 radical (unpaired) electrons. The van der Waals surface area contributed by atoms with Gasteiger partial charge >= 0.3 is 0 Å². The number of nitrogens with zero attached hydrogens (tertiary/aromatic N) is 6. The Morgan fingerprint density at radius 3 is 2.68 bits per heavy atom. The molecule has 1 unspecified atom stereocenters. The van der Waals surface area contributed by atoms with E-state index in [1.54, 1.807) is 29.9 Å². The molecule has 6 rings (SSSR count). The fraction of sp³-hybridized carbons (Fsp3) is 0.516. The van der Waals surface area contributed by atoms with Crippen molar-refractivity contribution in [3.8, 4) is 10.4 Å². The van der Waals surface area contributed by atoms with Gasteiger partial charge in [-0.1, -0.05) is 0 Å². The molecule has 1 atom stereocenters. The third kappa shape index (κ3) is 6.55. The molecule has 2 fully saturated rings. The van der Waals surface area contributed by atoms with Crippen LogP contribution in [-0.4, -0.2) is 84.8 Å². The Hall–Kier alpha value is -3.65. The van der Waals surface area contributed by atoms with Crippen LogP contribution in [0.5, 0.6) is 0 Å². The molecule has 0 aromatic carbocycles. The van der Waals surface area contributed by atoms with Crippen LogP contribution in [0.15, 0.2) is 37.1 Å². The molecule has 4 aromatic rings. The van der Waals surface area contributed by atoms with E-state index in [-0.39, 0.29) is 23.5 Å². The van der Waals surface area contributed by atoms with Crippen LogP contribution < -0.4 is 10.6 Å². The van der Waals surface area contributed by atoms with Gasteiger partial charge in [-0.3, -0.25) is 24.2 Å². The number of ether oxygens (including phenoxy) is 2. The summed E-state index contributed by atoms with van der Waals surface area (Å²) in [6.07, 6.45) is 12.0. The number of amides is 2. The van der Waals surface area contributed by atoms with Gasteiger partial charge in [0.1, 0.15) is 4.83 Å². The van der Waals surface area contributed by atoms with Gasteiger partial charge in [-0.15, -0.1) is 11.3 Å². The lowest BCUT2D eigenvalue weighted by atomic mass is 10.0. The quantitative estimate of drug-likeness (QED) is 0.268. The number of rotatable bonds is 10. The summed E-state index contributed by atoms with van der Waals surface area (Å²) < 4.78 is 15.1. The largest absolute Gasteiger partial charge is 0.351 e. The third-order valence-electron chi connectivity index (χ3n) is 8.44. The van der Waals surface area contributed by atoms with E-state index in [1.165, 1.54) is 24.2 Å². The number of fused-ring (bicyclic) bond motifs is 1. The molecule has 2 N–H and O–H groups in total. The Labute approximate surface area is 260 Å². The topological polar surface area (TPSA) is 128 Å². The van der Waals surface area contributed by atoms with Crippen molar-refractivity contribution in [1.82, 2.24) is 34.6 Å². The Bertz CT molecular complexity index is 1670. The van der Waals surface area contributed by atoms with E-state index >= 15 is 0 Å². The van der Waals surface area contributed by atoms with Crippen molar-refractivity contribution in [3.63, 3.8) is 0 Å². The number of thiazole rings is 1. The monoisotopic (exact) mass is 620 g/mol. The fourth-order valence-corrected chi connectivity index (χ4v) is 6.86. The maximum absolute atomic E-state index is 13.4. The minimum absolute atomic E-state index is 0.0464. The predicted molar refractivity (Wildman–Crippen MR) is 168 cm³/mol. The van der Waals surface area contributed by atoms with Crippen LogP contribution >= 0.6 is 11.3 Å². The van der Waals surface area contributed by atoms with E-state index in [9.17, 15) is 9.59 Å². The molecule has 2 aliphatic heterocycles. The summed E-state index contributed by atoms with van der Waals surface area (Å²) in [7, 11) is 0. The first-order valence-corrected chi connectivity index (χ1v) is 15.9. The van der Waals surface area contributed by atoms with Crippen LogP contribution in [0.1, 0.15) is 73.4 Å². The van der Waals surface area contributed by atoms with Crippen LogP contribution in [0.3, 0.4) is 0 Å². The van der Waals surface area contributed by atoms with Gasteiger partial charge in [0.2, 0.25) is 0 Å². The normalized spacial score (nSPS) is 19.5. The molecule has 6 heterocycles. The van der Waals surface area contributed by atoms with Gasteiger partial charge in [0, 0.05) is 49.3 Å². The number of anilines is 1. The van der Waals surface area contributed by atoms with E-state index in [0.717, 1.165) is 30.0 Å². The van der Waals surface area contributed by atoms with E-state index in [1.807, 2.05) is 37.1 Å². The van der Waals surface area contributed by atoms with Crippen molar-refractivity contribution in [1.29, 1.82) is 0 Å². The zero-order valence-electron chi connectivity index (χ0n) is 25.9. The highest BCUT2D eigenvalue weighted by molar-refractivity contribution is 7.21. The highest BCUT2D eigenvalue weighted by atomic mass is 32.1. The van der Waals surface area contributed by atoms with Gasteiger partial charge in [0.25, 0.3) is 11.8 Å². The molecule has 0 aliphatic carbocycles. The molecule has 2 saturated heterocycles.